The maximum absolute atomic E-state index is 13.6. The van der Waals surface area contributed by atoms with Gasteiger partial charge in [0.15, 0.2) is 0 Å². The first kappa shape index (κ1) is 16.7. The third-order valence-electron chi connectivity index (χ3n) is 2.97. The first-order valence-corrected chi connectivity index (χ1v) is 7.09. The van der Waals surface area contributed by atoms with E-state index < -0.39 is 0 Å². The molecule has 0 saturated heterocycles. The first-order valence-electron chi connectivity index (χ1n) is 7.09. The minimum absolute atomic E-state index is 0.0348. The summed E-state index contributed by atoms with van der Waals surface area (Å²) in [6.45, 7) is 6.15. The van der Waals surface area contributed by atoms with Crippen molar-refractivity contribution >= 4 is 0 Å². The van der Waals surface area contributed by atoms with E-state index >= 15 is 0 Å². The predicted octanol–water partition coefficient (Wildman–Crippen LogP) is 3.04. The summed E-state index contributed by atoms with van der Waals surface area (Å²) in [5.41, 5.74) is 1.61. The number of hydrogen-bond acceptors (Lipinski definition) is 2. The molecule has 1 aromatic rings. The molecule has 20 heavy (non-hydrogen) atoms. The van der Waals surface area contributed by atoms with Crippen LogP contribution in [0.25, 0.3) is 0 Å². The van der Waals surface area contributed by atoms with Crippen LogP contribution in [0.15, 0.2) is 18.2 Å². The molecule has 1 aromatic carbocycles. The molecule has 0 amide bonds. The van der Waals surface area contributed by atoms with Crippen LogP contribution in [0.3, 0.4) is 0 Å². The van der Waals surface area contributed by atoms with E-state index in [1.54, 1.807) is 6.07 Å². The molecule has 0 heterocycles. The van der Waals surface area contributed by atoms with Crippen molar-refractivity contribution in [2.45, 2.75) is 33.2 Å². The van der Waals surface area contributed by atoms with Gasteiger partial charge in [0.25, 0.3) is 0 Å². The van der Waals surface area contributed by atoms with Gasteiger partial charge in [-0.05, 0) is 49.7 Å². The summed E-state index contributed by atoms with van der Waals surface area (Å²) in [5.74, 6) is 6.12. The Balaban J connectivity index is 2.68. The summed E-state index contributed by atoms with van der Waals surface area (Å²) >= 11 is 0. The van der Waals surface area contributed by atoms with Crippen molar-refractivity contribution in [3.8, 4) is 11.8 Å². The standard InChI is InChI=1S/C17H24FNO/c1-14(2)7-8-19(3)13-16-10-15(6-4-5-9-20)11-17(18)12-16/h10-12,14,20H,5,7-9,13H2,1-3H3. The van der Waals surface area contributed by atoms with E-state index in [-0.39, 0.29) is 12.4 Å². The maximum Gasteiger partial charge on any atom is 0.124 e. The topological polar surface area (TPSA) is 23.5 Å². The van der Waals surface area contributed by atoms with E-state index in [0.717, 1.165) is 25.1 Å². The Labute approximate surface area is 121 Å². The number of rotatable bonds is 6. The van der Waals surface area contributed by atoms with Crippen molar-refractivity contribution in [1.29, 1.82) is 0 Å². The van der Waals surface area contributed by atoms with Crippen LogP contribution in [0.4, 0.5) is 4.39 Å². The van der Waals surface area contributed by atoms with Crippen molar-refractivity contribution < 1.29 is 9.50 Å². The highest BCUT2D eigenvalue weighted by atomic mass is 19.1. The molecule has 1 N–H and O–H groups in total. The molecule has 0 bridgehead atoms. The SMILES string of the molecule is CC(C)CCN(C)Cc1cc(F)cc(C#CCCO)c1. The molecule has 0 unspecified atom stereocenters. The van der Waals surface area contributed by atoms with Gasteiger partial charge in [-0.25, -0.2) is 4.39 Å². The van der Waals surface area contributed by atoms with E-state index in [2.05, 4.69) is 30.6 Å². The summed E-state index contributed by atoms with van der Waals surface area (Å²) in [4.78, 5) is 2.19. The minimum atomic E-state index is -0.256. The molecule has 0 aliphatic rings. The van der Waals surface area contributed by atoms with Crippen LogP contribution in [0, 0.1) is 23.6 Å². The van der Waals surface area contributed by atoms with Gasteiger partial charge in [-0.2, -0.15) is 0 Å². The lowest BCUT2D eigenvalue weighted by Gasteiger charge is -2.18. The number of aliphatic hydroxyl groups is 1. The van der Waals surface area contributed by atoms with Crippen LogP contribution in [-0.4, -0.2) is 30.2 Å². The molecular weight excluding hydrogens is 253 g/mol. The van der Waals surface area contributed by atoms with Gasteiger partial charge in [0.1, 0.15) is 5.82 Å². The normalized spacial score (nSPS) is 10.8. The second-order valence-corrected chi connectivity index (χ2v) is 5.54. The monoisotopic (exact) mass is 277 g/mol. The van der Waals surface area contributed by atoms with E-state index in [1.807, 2.05) is 13.1 Å². The molecule has 0 aliphatic carbocycles. The maximum atomic E-state index is 13.6. The van der Waals surface area contributed by atoms with E-state index in [4.69, 9.17) is 5.11 Å². The van der Waals surface area contributed by atoms with Crippen LogP contribution in [0.5, 0.6) is 0 Å². The second kappa shape index (κ2) is 8.73. The molecule has 0 spiro atoms. The first-order chi connectivity index (χ1) is 9.51. The second-order valence-electron chi connectivity index (χ2n) is 5.54. The Hall–Kier alpha value is -1.37. The number of halogens is 1. The summed E-state index contributed by atoms with van der Waals surface area (Å²) < 4.78 is 13.6. The lowest BCUT2D eigenvalue weighted by atomic mass is 10.1. The Morgan fingerprint density at radius 2 is 2.05 bits per heavy atom. The van der Waals surface area contributed by atoms with Crippen molar-refractivity contribution in [2.75, 3.05) is 20.2 Å². The lowest BCUT2D eigenvalue weighted by molar-refractivity contribution is 0.303. The zero-order chi connectivity index (χ0) is 15.0. The average Bonchev–Trinajstić information content (AvgIpc) is 2.36. The predicted molar refractivity (Wildman–Crippen MR) is 80.8 cm³/mol. The molecule has 0 aromatic heterocycles. The Bertz CT molecular complexity index is 474. The fraction of sp³-hybridized carbons (Fsp3) is 0.529. The lowest BCUT2D eigenvalue weighted by Crippen LogP contribution is -2.20. The van der Waals surface area contributed by atoms with E-state index in [0.29, 0.717) is 17.9 Å². The molecule has 1 rings (SSSR count). The van der Waals surface area contributed by atoms with Gasteiger partial charge in [-0.3, -0.25) is 0 Å². The molecular formula is C17H24FNO. The van der Waals surface area contributed by atoms with Gasteiger partial charge < -0.3 is 10.0 Å². The molecule has 0 aliphatic heterocycles. The smallest absolute Gasteiger partial charge is 0.124 e. The number of benzene rings is 1. The Kier molecular flexibility index (Phi) is 7.28. The summed E-state index contributed by atoms with van der Waals surface area (Å²) in [7, 11) is 2.05. The van der Waals surface area contributed by atoms with Gasteiger partial charge in [-0.1, -0.05) is 25.7 Å². The zero-order valence-corrected chi connectivity index (χ0v) is 12.6. The average molecular weight is 277 g/mol. The van der Waals surface area contributed by atoms with Crippen molar-refractivity contribution in [3.63, 3.8) is 0 Å². The van der Waals surface area contributed by atoms with Gasteiger partial charge in [0.2, 0.25) is 0 Å². The highest BCUT2D eigenvalue weighted by Crippen LogP contribution is 2.11. The van der Waals surface area contributed by atoms with Gasteiger partial charge in [0.05, 0.1) is 6.61 Å². The van der Waals surface area contributed by atoms with Crippen molar-refractivity contribution in [1.82, 2.24) is 4.90 Å². The fourth-order valence-corrected chi connectivity index (χ4v) is 1.90. The highest BCUT2D eigenvalue weighted by Gasteiger charge is 2.04. The summed E-state index contributed by atoms with van der Waals surface area (Å²) in [6, 6.07) is 4.91. The molecule has 3 heteroatoms. The van der Waals surface area contributed by atoms with Gasteiger partial charge in [-0.15, -0.1) is 0 Å². The fourth-order valence-electron chi connectivity index (χ4n) is 1.90. The Morgan fingerprint density at radius 1 is 1.30 bits per heavy atom. The van der Waals surface area contributed by atoms with Crippen LogP contribution in [0.2, 0.25) is 0 Å². The van der Waals surface area contributed by atoms with Crippen molar-refractivity contribution in [2.24, 2.45) is 5.92 Å². The molecule has 0 fully saturated rings. The summed E-state index contributed by atoms with van der Waals surface area (Å²) in [5, 5.41) is 8.69. The third kappa shape index (κ3) is 6.70. The quantitative estimate of drug-likeness (QED) is 0.808. The molecule has 110 valence electrons. The number of nitrogens with zero attached hydrogens (tertiary/aromatic N) is 1. The largest absolute Gasteiger partial charge is 0.395 e. The van der Waals surface area contributed by atoms with Gasteiger partial charge in [0, 0.05) is 18.5 Å². The summed E-state index contributed by atoms with van der Waals surface area (Å²) in [6.07, 6.45) is 1.55. The molecule has 0 radical (unpaired) electrons. The van der Waals surface area contributed by atoms with Crippen LogP contribution < -0.4 is 0 Å². The zero-order valence-electron chi connectivity index (χ0n) is 12.6. The molecule has 2 nitrogen and oxygen atoms in total. The van der Waals surface area contributed by atoms with E-state index in [1.165, 1.54) is 6.07 Å². The number of aliphatic hydroxyl groups excluding tert-OH is 1. The highest BCUT2D eigenvalue weighted by molar-refractivity contribution is 5.37. The van der Waals surface area contributed by atoms with E-state index in [9.17, 15) is 4.39 Å². The number of hydrogen-bond donors (Lipinski definition) is 1. The molecule has 0 atom stereocenters. The van der Waals surface area contributed by atoms with Crippen LogP contribution in [0.1, 0.15) is 37.8 Å². The van der Waals surface area contributed by atoms with Crippen LogP contribution in [-0.2, 0) is 6.54 Å². The molecule has 0 saturated carbocycles. The minimum Gasteiger partial charge on any atom is -0.395 e. The van der Waals surface area contributed by atoms with Crippen LogP contribution >= 0.6 is 0 Å². The van der Waals surface area contributed by atoms with Crippen molar-refractivity contribution in [3.05, 3.63) is 35.1 Å². The third-order valence-corrected chi connectivity index (χ3v) is 2.97. The Morgan fingerprint density at radius 3 is 2.70 bits per heavy atom. The van der Waals surface area contributed by atoms with Gasteiger partial charge >= 0.3 is 0 Å².